The van der Waals surface area contributed by atoms with E-state index in [9.17, 15) is 9.90 Å². The Hall–Kier alpha value is -1.03. The highest BCUT2D eigenvalue weighted by atomic mass is 16.4. The zero-order valence-corrected chi connectivity index (χ0v) is 17.6. The average Bonchev–Trinajstić information content (AvgIpc) is 2.59. The number of quaternary nitrogens is 1. The molecule has 0 rings (SSSR count). The summed E-state index contributed by atoms with van der Waals surface area (Å²) in [6, 6.07) is 0. The Bertz CT molecular complexity index is 370. The molecular weight excluding hydrogens is 326 g/mol. The van der Waals surface area contributed by atoms with E-state index in [1.165, 1.54) is 44.9 Å². The van der Waals surface area contributed by atoms with E-state index in [0.717, 1.165) is 49.8 Å². The lowest BCUT2D eigenvalue weighted by atomic mass is 10.1. The fourth-order valence-corrected chi connectivity index (χ4v) is 3.54. The number of carbonyl (C=O) groups is 1. The summed E-state index contributed by atoms with van der Waals surface area (Å²) in [6.07, 6.45) is 15.3. The first-order chi connectivity index (χ1) is 12.5. The average molecular weight is 371 g/mol. The lowest BCUT2D eigenvalue weighted by Gasteiger charge is -2.35. The molecule has 0 amide bonds. The molecule has 0 unspecified atom stereocenters. The zero-order chi connectivity index (χ0) is 19.7. The van der Waals surface area contributed by atoms with Crippen molar-refractivity contribution >= 4 is 5.97 Å². The van der Waals surface area contributed by atoms with E-state index in [0.29, 0.717) is 12.2 Å². The van der Waals surface area contributed by atoms with Gasteiger partial charge in [-0.1, -0.05) is 52.9 Å². The van der Waals surface area contributed by atoms with Crippen LogP contribution in [0.15, 0.2) is 12.0 Å². The topological polar surface area (TPSA) is 57.5 Å². The maximum Gasteiger partial charge on any atom is 0.303 e. The molecule has 0 aliphatic heterocycles. The van der Waals surface area contributed by atoms with Crippen molar-refractivity contribution in [1.29, 1.82) is 0 Å². The molecule has 0 heterocycles. The number of unbranched alkanes of at least 4 members (excludes halogenated alkanes) is 7. The van der Waals surface area contributed by atoms with Gasteiger partial charge in [0.15, 0.2) is 0 Å². The van der Waals surface area contributed by atoms with Crippen LogP contribution < -0.4 is 0 Å². The molecule has 0 bridgehead atoms. The monoisotopic (exact) mass is 370 g/mol. The molecule has 0 radical (unpaired) electrons. The van der Waals surface area contributed by atoms with E-state index in [4.69, 9.17) is 5.11 Å². The molecule has 0 aromatic heterocycles. The Morgan fingerprint density at radius 2 is 1.19 bits per heavy atom. The molecule has 0 aromatic carbocycles. The zero-order valence-electron chi connectivity index (χ0n) is 17.6. The van der Waals surface area contributed by atoms with E-state index in [2.05, 4.69) is 27.0 Å². The van der Waals surface area contributed by atoms with Gasteiger partial charge in [-0.05, 0) is 32.1 Å². The van der Waals surface area contributed by atoms with E-state index in [-0.39, 0.29) is 6.42 Å². The van der Waals surface area contributed by atoms with Crippen molar-refractivity contribution in [3.8, 4) is 0 Å². The van der Waals surface area contributed by atoms with Crippen molar-refractivity contribution in [3.05, 3.63) is 12.0 Å². The van der Waals surface area contributed by atoms with Gasteiger partial charge in [0.2, 0.25) is 0 Å². The molecule has 0 aliphatic rings. The van der Waals surface area contributed by atoms with Crippen LogP contribution in [-0.4, -0.2) is 40.3 Å². The second kappa shape index (κ2) is 16.2. The van der Waals surface area contributed by atoms with Gasteiger partial charge in [-0.25, -0.2) is 0 Å². The Morgan fingerprint density at radius 1 is 0.692 bits per heavy atom. The second-order valence-electron chi connectivity index (χ2n) is 7.73. The van der Waals surface area contributed by atoms with Gasteiger partial charge in [0.25, 0.3) is 0 Å². The fraction of sp³-hybridized carbons (Fsp3) is 0.864. The molecule has 0 saturated heterocycles. The molecule has 0 atom stereocenters. The Morgan fingerprint density at radius 3 is 1.69 bits per heavy atom. The second-order valence-corrected chi connectivity index (χ2v) is 7.73. The molecule has 4 heteroatoms. The number of carboxylic acid groups (broad SMARTS) is 1. The van der Waals surface area contributed by atoms with Gasteiger partial charge in [0.1, 0.15) is 12.0 Å². The molecule has 0 aromatic rings. The molecule has 4 nitrogen and oxygen atoms in total. The lowest BCUT2D eigenvalue weighted by molar-refractivity contribution is -0.881. The summed E-state index contributed by atoms with van der Waals surface area (Å²) < 4.78 is 0.757. The summed E-state index contributed by atoms with van der Waals surface area (Å²) in [7, 11) is 0. The van der Waals surface area contributed by atoms with Crippen LogP contribution in [0, 0.1) is 0 Å². The number of aliphatic hydroxyl groups excluding tert-OH is 1. The van der Waals surface area contributed by atoms with Crippen LogP contribution >= 0.6 is 0 Å². The largest absolute Gasteiger partial charge is 0.507 e. The van der Waals surface area contributed by atoms with Crippen LogP contribution in [0.25, 0.3) is 0 Å². The standard InChI is InChI=1S/C22H43NO3/c1-4-7-10-11-15-21(24)20-23(17-12-8-5-2,18-13-9-6-3)19-14-16-22(25)26/h20H,4-19H2,1-3H3,(H-,24,25,26)/p+1/b21-20-. The minimum absolute atomic E-state index is 0.215. The highest BCUT2D eigenvalue weighted by Crippen LogP contribution is 2.20. The smallest absolute Gasteiger partial charge is 0.303 e. The first-order valence-corrected chi connectivity index (χ1v) is 11.0. The number of nitrogens with zero attached hydrogens (tertiary/aromatic N) is 1. The van der Waals surface area contributed by atoms with Crippen LogP contribution in [0.5, 0.6) is 0 Å². The third-order valence-corrected chi connectivity index (χ3v) is 5.12. The third-order valence-electron chi connectivity index (χ3n) is 5.12. The van der Waals surface area contributed by atoms with E-state index < -0.39 is 5.97 Å². The molecule has 0 saturated carbocycles. The molecule has 2 N–H and O–H groups in total. The first-order valence-electron chi connectivity index (χ1n) is 11.0. The summed E-state index contributed by atoms with van der Waals surface area (Å²) >= 11 is 0. The summed E-state index contributed by atoms with van der Waals surface area (Å²) in [4.78, 5) is 11.0. The van der Waals surface area contributed by atoms with Gasteiger partial charge in [-0.15, -0.1) is 0 Å². The fourth-order valence-electron chi connectivity index (χ4n) is 3.54. The number of rotatable bonds is 18. The molecule has 0 fully saturated rings. The Labute approximate surface area is 161 Å². The van der Waals surface area contributed by atoms with Crippen molar-refractivity contribution in [1.82, 2.24) is 0 Å². The molecular formula is C22H44NO3+. The quantitative estimate of drug-likeness (QED) is 0.166. The van der Waals surface area contributed by atoms with Crippen molar-refractivity contribution < 1.29 is 19.5 Å². The van der Waals surface area contributed by atoms with Gasteiger partial charge < -0.3 is 10.2 Å². The number of hydrogen-bond donors (Lipinski definition) is 2. The predicted molar refractivity (Wildman–Crippen MR) is 110 cm³/mol. The Kier molecular flexibility index (Phi) is 15.5. The van der Waals surface area contributed by atoms with Gasteiger partial charge >= 0.3 is 5.97 Å². The number of carboxylic acids is 1. The summed E-state index contributed by atoms with van der Waals surface area (Å²) in [5.41, 5.74) is 0. The van der Waals surface area contributed by atoms with Crippen molar-refractivity contribution in [2.24, 2.45) is 0 Å². The van der Waals surface area contributed by atoms with Gasteiger partial charge in [0, 0.05) is 12.8 Å². The van der Waals surface area contributed by atoms with Gasteiger partial charge in [-0.2, -0.15) is 0 Å². The summed E-state index contributed by atoms with van der Waals surface area (Å²) in [5, 5.41) is 19.6. The van der Waals surface area contributed by atoms with Crippen LogP contribution in [0.3, 0.4) is 0 Å². The van der Waals surface area contributed by atoms with Crippen molar-refractivity contribution in [3.63, 3.8) is 0 Å². The number of aliphatic hydroxyl groups is 1. The predicted octanol–water partition coefficient (Wildman–Crippen LogP) is 6.42. The van der Waals surface area contributed by atoms with Crippen LogP contribution in [0.2, 0.25) is 0 Å². The Balaban J connectivity index is 5.05. The summed E-state index contributed by atoms with van der Waals surface area (Å²) in [5.74, 6) is -0.220. The highest BCUT2D eigenvalue weighted by molar-refractivity contribution is 5.66. The molecule has 26 heavy (non-hydrogen) atoms. The van der Waals surface area contributed by atoms with Crippen LogP contribution in [-0.2, 0) is 4.79 Å². The van der Waals surface area contributed by atoms with E-state index in [1.807, 2.05) is 0 Å². The molecule has 154 valence electrons. The van der Waals surface area contributed by atoms with E-state index in [1.54, 1.807) is 0 Å². The van der Waals surface area contributed by atoms with Gasteiger partial charge in [-0.3, -0.25) is 9.28 Å². The first kappa shape index (κ1) is 25.0. The minimum Gasteiger partial charge on any atom is -0.507 e. The van der Waals surface area contributed by atoms with E-state index >= 15 is 0 Å². The maximum atomic E-state index is 11.0. The lowest BCUT2D eigenvalue weighted by Crippen LogP contribution is -2.46. The number of hydrogen-bond acceptors (Lipinski definition) is 2. The third kappa shape index (κ3) is 13.2. The SMILES string of the molecule is CCCCCC/C(O)=C/[N+](CCCCC)(CCCCC)CCCC(=O)O. The van der Waals surface area contributed by atoms with Crippen molar-refractivity contribution in [2.45, 2.75) is 104 Å². The summed E-state index contributed by atoms with van der Waals surface area (Å²) in [6.45, 7) is 9.45. The maximum absolute atomic E-state index is 11.0. The van der Waals surface area contributed by atoms with Crippen LogP contribution in [0.1, 0.15) is 104 Å². The number of allylic oxidation sites excluding steroid dienone is 1. The minimum atomic E-state index is -0.724. The van der Waals surface area contributed by atoms with Crippen LogP contribution in [0.4, 0.5) is 0 Å². The molecule has 0 aliphatic carbocycles. The molecule has 0 spiro atoms. The number of aliphatic carboxylic acids is 1. The highest BCUT2D eigenvalue weighted by Gasteiger charge is 2.25. The normalized spacial score (nSPS) is 12.5. The van der Waals surface area contributed by atoms with Gasteiger partial charge in [0.05, 0.1) is 26.1 Å². The van der Waals surface area contributed by atoms with Crippen molar-refractivity contribution in [2.75, 3.05) is 19.6 Å².